The van der Waals surface area contributed by atoms with Gasteiger partial charge in [-0.3, -0.25) is 14.5 Å². The number of piperazine rings is 1. The first kappa shape index (κ1) is 27.0. The first-order chi connectivity index (χ1) is 17.7. The Labute approximate surface area is 219 Å². The topological polar surface area (TPSA) is 78.3 Å². The van der Waals surface area contributed by atoms with E-state index in [0.717, 1.165) is 43.5 Å². The van der Waals surface area contributed by atoms with Crippen molar-refractivity contribution in [2.75, 3.05) is 59.0 Å². The Morgan fingerprint density at radius 2 is 1.43 bits per heavy atom. The zero-order valence-electron chi connectivity index (χ0n) is 22.9. The van der Waals surface area contributed by atoms with Gasteiger partial charge < -0.3 is 24.0 Å². The molecule has 0 saturated carbocycles. The van der Waals surface area contributed by atoms with Gasteiger partial charge in [-0.2, -0.15) is 0 Å². The lowest BCUT2D eigenvalue weighted by Crippen LogP contribution is -2.51. The van der Waals surface area contributed by atoms with Crippen molar-refractivity contribution in [1.82, 2.24) is 24.2 Å². The number of aromatic nitrogens is 1. The molecule has 0 unspecified atom stereocenters. The number of carbonyl (C=O) groups excluding carboxylic acids is 3. The Balaban J connectivity index is 1.53. The summed E-state index contributed by atoms with van der Waals surface area (Å²) in [6, 6.07) is 8.25. The van der Waals surface area contributed by atoms with Crippen molar-refractivity contribution in [2.45, 2.75) is 53.1 Å². The van der Waals surface area contributed by atoms with Crippen LogP contribution in [0.25, 0.3) is 10.9 Å². The molecule has 0 spiro atoms. The number of hydrogen-bond donors (Lipinski definition) is 0. The number of carbonyl (C=O) groups is 3. The van der Waals surface area contributed by atoms with E-state index in [1.165, 1.54) is 0 Å². The van der Waals surface area contributed by atoms with Crippen molar-refractivity contribution in [1.29, 1.82) is 0 Å². The minimum Gasteiger partial charge on any atom is -0.450 e. The highest BCUT2D eigenvalue weighted by Gasteiger charge is 2.29. The molecular weight excluding hydrogens is 470 g/mol. The van der Waals surface area contributed by atoms with E-state index in [9.17, 15) is 14.4 Å². The Kier molecular flexibility index (Phi) is 8.42. The second-order valence-electron chi connectivity index (χ2n) is 10.5. The second-order valence-corrected chi connectivity index (χ2v) is 10.5. The summed E-state index contributed by atoms with van der Waals surface area (Å²) in [6.07, 6.45) is 0.641. The molecule has 1 aromatic carbocycles. The number of rotatable bonds is 5. The first-order valence-corrected chi connectivity index (χ1v) is 13.6. The van der Waals surface area contributed by atoms with Gasteiger partial charge in [-0.1, -0.05) is 0 Å². The van der Waals surface area contributed by atoms with Crippen LogP contribution in [0.2, 0.25) is 0 Å². The number of ether oxygens (including phenoxy) is 1. The number of nitrogens with zero attached hydrogens (tertiary/aromatic N) is 5. The third-order valence-corrected chi connectivity index (χ3v) is 7.46. The van der Waals surface area contributed by atoms with Gasteiger partial charge in [-0.15, -0.1) is 0 Å². The Hall–Kier alpha value is -3.07. The van der Waals surface area contributed by atoms with Crippen LogP contribution in [0, 0.1) is 0 Å². The third-order valence-electron chi connectivity index (χ3n) is 7.46. The molecule has 2 aliphatic rings. The molecule has 0 aliphatic carbocycles. The Bertz CT molecular complexity index is 1130. The molecule has 3 amide bonds. The summed E-state index contributed by atoms with van der Waals surface area (Å²) in [5.41, 5.74) is 2.22. The van der Waals surface area contributed by atoms with Gasteiger partial charge in [0.2, 0.25) is 0 Å². The summed E-state index contributed by atoms with van der Waals surface area (Å²) in [5, 5.41) is 0.895. The van der Waals surface area contributed by atoms with E-state index < -0.39 is 0 Å². The average molecular weight is 512 g/mol. The normalized spacial score (nSPS) is 17.5. The molecule has 4 rings (SSSR count). The van der Waals surface area contributed by atoms with Crippen LogP contribution in [0.3, 0.4) is 0 Å². The summed E-state index contributed by atoms with van der Waals surface area (Å²) in [4.78, 5) is 46.8. The van der Waals surface area contributed by atoms with Gasteiger partial charge in [0.1, 0.15) is 5.69 Å². The van der Waals surface area contributed by atoms with E-state index >= 15 is 0 Å². The zero-order valence-corrected chi connectivity index (χ0v) is 22.9. The Morgan fingerprint density at radius 1 is 0.784 bits per heavy atom. The molecular formula is C28H41N5O4. The van der Waals surface area contributed by atoms with Crippen LogP contribution in [-0.2, 0) is 4.74 Å². The SMILES string of the molecule is CCOC(=O)N1CCN(C(=O)c2cc3cc(C(=O)N4CCCN(C(C)C)CC4)ccc3n2C(C)C)CC1. The van der Waals surface area contributed by atoms with Crippen LogP contribution >= 0.6 is 0 Å². The predicted molar refractivity (Wildman–Crippen MR) is 144 cm³/mol. The molecule has 2 aromatic rings. The molecule has 37 heavy (non-hydrogen) atoms. The number of benzene rings is 1. The molecule has 0 radical (unpaired) electrons. The van der Waals surface area contributed by atoms with Gasteiger partial charge >= 0.3 is 6.09 Å². The third kappa shape index (κ3) is 5.76. The largest absolute Gasteiger partial charge is 0.450 e. The fourth-order valence-electron chi connectivity index (χ4n) is 5.40. The van der Waals surface area contributed by atoms with E-state index in [-0.39, 0.29) is 23.9 Å². The molecule has 2 saturated heterocycles. The first-order valence-electron chi connectivity index (χ1n) is 13.6. The lowest BCUT2D eigenvalue weighted by Gasteiger charge is -2.34. The molecule has 9 nitrogen and oxygen atoms in total. The number of amides is 3. The highest BCUT2D eigenvalue weighted by Crippen LogP contribution is 2.27. The molecule has 202 valence electrons. The molecule has 9 heteroatoms. The van der Waals surface area contributed by atoms with Crippen LogP contribution in [0.15, 0.2) is 24.3 Å². The van der Waals surface area contributed by atoms with Gasteiger partial charge in [0.25, 0.3) is 11.8 Å². The van der Waals surface area contributed by atoms with Gasteiger partial charge in [0.05, 0.1) is 6.61 Å². The minimum atomic E-state index is -0.329. The lowest BCUT2D eigenvalue weighted by molar-refractivity contribution is 0.0561. The summed E-state index contributed by atoms with van der Waals surface area (Å²) in [6.45, 7) is 15.9. The summed E-state index contributed by atoms with van der Waals surface area (Å²) >= 11 is 0. The van der Waals surface area contributed by atoms with Crippen molar-refractivity contribution in [3.63, 3.8) is 0 Å². The summed E-state index contributed by atoms with van der Waals surface area (Å²) in [7, 11) is 0. The maximum Gasteiger partial charge on any atom is 0.409 e. The summed E-state index contributed by atoms with van der Waals surface area (Å²) in [5.74, 6) is -0.00431. The maximum absolute atomic E-state index is 13.6. The Morgan fingerprint density at radius 3 is 2.08 bits per heavy atom. The van der Waals surface area contributed by atoms with Crippen LogP contribution < -0.4 is 0 Å². The molecule has 3 heterocycles. The van der Waals surface area contributed by atoms with Gasteiger partial charge in [0, 0.05) is 80.9 Å². The zero-order chi connectivity index (χ0) is 26.7. The van der Waals surface area contributed by atoms with Crippen LogP contribution in [0.1, 0.15) is 67.9 Å². The molecule has 2 fully saturated rings. The van der Waals surface area contributed by atoms with Crippen molar-refractivity contribution in [2.24, 2.45) is 0 Å². The van der Waals surface area contributed by atoms with E-state index in [1.54, 1.807) is 16.7 Å². The fraction of sp³-hybridized carbons (Fsp3) is 0.607. The van der Waals surface area contributed by atoms with E-state index in [0.29, 0.717) is 50.1 Å². The van der Waals surface area contributed by atoms with Gasteiger partial charge in [-0.05, 0) is 65.3 Å². The maximum atomic E-state index is 13.6. The van der Waals surface area contributed by atoms with Gasteiger partial charge in [-0.25, -0.2) is 4.79 Å². The van der Waals surface area contributed by atoms with Crippen molar-refractivity contribution < 1.29 is 19.1 Å². The van der Waals surface area contributed by atoms with E-state index in [4.69, 9.17) is 4.74 Å². The van der Waals surface area contributed by atoms with Crippen molar-refractivity contribution >= 4 is 28.8 Å². The molecule has 2 aliphatic heterocycles. The monoisotopic (exact) mass is 511 g/mol. The molecule has 0 atom stereocenters. The fourth-order valence-corrected chi connectivity index (χ4v) is 5.40. The van der Waals surface area contributed by atoms with Gasteiger partial charge in [0.15, 0.2) is 0 Å². The predicted octanol–water partition coefficient (Wildman–Crippen LogP) is 3.69. The second kappa shape index (κ2) is 11.5. The standard InChI is InChI=1S/C28H41N5O4/c1-6-37-28(36)32-16-14-31(15-17-32)27(35)25-19-23-18-22(8-9-24(23)33(25)21(4)5)26(34)30-11-7-10-29(12-13-30)20(2)3/h8-9,18-21H,6-7,10-17H2,1-5H3. The van der Waals surface area contributed by atoms with E-state index in [2.05, 4.69) is 37.2 Å². The molecule has 1 aromatic heterocycles. The van der Waals surface area contributed by atoms with Crippen LogP contribution in [-0.4, -0.2) is 107 Å². The number of hydrogen-bond acceptors (Lipinski definition) is 5. The average Bonchev–Trinajstić information content (AvgIpc) is 3.09. The minimum absolute atomic E-state index is 0.0489. The highest BCUT2D eigenvalue weighted by atomic mass is 16.6. The molecule has 0 N–H and O–H groups in total. The smallest absolute Gasteiger partial charge is 0.409 e. The quantitative estimate of drug-likeness (QED) is 0.612. The molecule has 0 bridgehead atoms. The van der Waals surface area contributed by atoms with E-state index in [1.807, 2.05) is 29.2 Å². The van der Waals surface area contributed by atoms with Crippen molar-refractivity contribution in [3.05, 3.63) is 35.5 Å². The number of fused-ring (bicyclic) bond motifs is 1. The summed E-state index contributed by atoms with van der Waals surface area (Å²) < 4.78 is 7.15. The lowest BCUT2D eigenvalue weighted by atomic mass is 10.1. The highest BCUT2D eigenvalue weighted by molar-refractivity contribution is 6.02. The van der Waals surface area contributed by atoms with Crippen LogP contribution in [0.5, 0.6) is 0 Å². The van der Waals surface area contributed by atoms with Crippen LogP contribution in [0.4, 0.5) is 4.79 Å². The van der Waals surface area contributed by atoms with Crippen molar-refractivity contribution in [3.8, 4) is 0 Å².